The number of hydrogen-bond acceptors (Lipinski definition) is 3. The van der Waals surface area contributed by atoms with Crippen LogP contribution in [-0.2, 0) is 0 Å². The van der Waals surface area contributed by atoms with Crippen molar-refractivity contribution in [1.82, 2.24) is 0 Å². The summed E-state index contributed by atoms with van der Waals surface area (Å²) in [6.07, 6.45) is 0. The van der Waals surface area contributed by atoms with Crippen molar-refractivity contribution in [1.29, 1.82) is 0 Å². The van der Waals surface area contributed by atoms with Gasteiger partial charge in [0.25, 0.3) is 0 Å². The minimum Gasteiger partial charge on any atom is -0.496 e. The summed E-state index contributed by atoms with van der Waals surface area (Å²) < 4.78 is 5.32. The summed E-state index contributed by atoms with van der Waals surface area (Å²) in [6.45, 7) is 4.08. The van der Waals surface area contributed by atoms with Gasteiger partial charge in [-0.2, -0.15) is 0 Å². The minimum atomic E-state index is -0.148. The molecule has 0 fully saturated rings. The van der Waals surface area contributed by atoms with Crippen LogP contribution < -0.4 is 16.2 Å². The first-order chi connectivity index (χ1) is 9.02. The van der Waals surface area contributed by atoms with Crippen LogP contribution in [0.1, 0.15) is 28.3 Å². The van der Waals surface area contributed by atoms with Gasteiger partial charge in [0.15, 0.2) is 0 Å². The van der Waals surface area contributed by atoms with E-state index in [9.17, 15) is 0 Å². The molecule has 2 aromatic rings. The summed E-state index contributed by atoms with van der Waals surface area (Å²) in [4.78, 5) is 0. The number of aryl methyl sites for hydroxylation is 2. The maximum absolute atomic E-state index is 6.35. The molecule has 0 radical (unpaired) electrons. The van der Waals surface area contributed by atoms with Crippen LogP contribution in [0.2, 0.25) is 0 Å². The highest BCUT2D eigenvalue weighted by Crippen LogP contribution is 2.29. The average Bonchev–Trinajstić information content (AvgIpc) is 2.41. The van der Waals surface area contributed by atoms with E-state index in [4.69, 9.17) is 16.2 Å². The topological polar surface area (TPSA) is 61.3 Å². The summed E-state index contributed by atoms with van der Waals surface area (Å²) in [6, 6.07) is 11.7. The molecule has 0 aliphatic rings. The monoisotopic (exact) mass is 256 g/mol. The predicted molar refractivity (Wildman–Crippen MR) is 79.4 cm³/mol. The number of nitrogen functional groups attached to an aromatic ring is 1. The fourth-order valence-electron chi connectivity index (χ4n) is 2.25. The normalized spacial score (nSPS) is 12.2. The van der Waals surface area contributed by atoms with Gasteiger partial charge in [0, 0.05) is 5.69 Å². The molecule has 4 N–H and O–H groups in total. The molecular weight excluding hydrogens is 236 g/mol. The molecule has 0 amide bonds. The summed E-state index contributed by atoms with van der Waals surface area (Å²) >= 11 is 0. The summed E-state index contributed by atoms with van der Waals surface area (Å²) in [5.74, 6) is 0.894. The van der Waals surface area contributed by atoms with E-state index in [0.717, 1.165) is 33.7 Å². The fourth-order valence-corrected chi connectivity index (χ4v) is 2.25. The molecule has 3 heteroatoms. The number of rotatable bonds is 3. The summed E-state index contributed by atoms with van der Waals surface area (Å²) in [7, 11) is 1.68. The molecule has 2 aromatic carbocycles. The first-order valence-corrected chi connectivity index (χ1v) is 6.29. The zero-order valence-electron chi connectivity index (χ0n) is 11.6. The Kier molecular flexibility index (Phi) is 3.76. The number of methoxy groups -OCH3 is 1. The smallest absolute Gasteiger partial charge is 0.122 e. The molecule has 0 aromatic heterocycles. The third-order valence-corrected chi connectivity index (χ3v) is 3.41. The van der Waals surface area contributed by atoms with Crippen LogP contribution in [0, 0.1) is 13.8 Å². The molecule has 0 saturated carbocycles. The number of nitrogens with two attached hydrogens (primary N) is 2. The lowest BCUT2D eigenvalue weighted by molar-refractivity contribution is 0.411. The highest BCUT2D eigenvalue weighted by molar-refractivity contribution is 5.47. The Hall–Kier alpha value is -2.00. The van der Waals surface area contributed by atoms with Gasteiger partial charge in [-0.3, -0.25) is 0 Å². The number of ether oxygens (including phenoxy) is 1. The zero-order valence-corrected chi connectivity index (χ0v) is 11.6. The van der Waals surface area contributed by atoms with Gasteiger partial charge in [-0.1, -0.05) is 18.2 Å². The van der Waals surface area contributed by atoms with Crippen molar-refractivity contribution in [2.75, 3.05) is 12.8 Å². The van der Waals surface area contributed by atoms with Crippen molar-refractivity contribution in [2.45, 2.75) is 19.9 Å². The molecule has 100 valence electrons. The second-order valence-electron chi connectivity index (χ2n) is 4.82. The maximum Gasteiger partial charge on any atom is 0.122 e. The molecule has 0 aliphatic heterocycles. The second kappa shape index (κ2) is 5.33. The molecule has 1 unspecified atom stereocenters. The van der Waals surface area contributed by atoms with Gasteiger partial charge < -0.3 is 16.2 Å². The average molecular weight is 256 g/mol. The van der Waals surface area contributed by atoms with Gasteiger partial charge in [0.05, 0.1) is 13.2 Å². The van der Waals surface area contributed by atoms with Crippen LogP contribution in [-0.4, -0.2) is 7.11 Å². The van der Waals surface area contributed by atoms with E-state index >= 15 is 0 Å². The van der Waals surface area contributed by atoms with Gasteiger partial charge in [-0.15, -0.1) is 0 Å². The lowest BCUT2D eigenvalue weighted by Crippen LogP contribution is -2.13. The molecular formula is C16H20N2O. The van der Waals surface area contributed by atoms with E-state index in [-0.39, 0.29) is 6.04 Å². The minimum absolute atomic E-state index is 0.148. The van der Waals surface area contributed by atoms with Crippen molar-refractivity contribution in [2.24, 2.45) is 5.73 Å². The van der Waals surface area contributed by atoms with Crippen molar-refractivity contribution in [3.8, 4) is 5.75 Å². The molecule has 0 bridgehead atoms. The highest BCUT2D eigenvalue weighted by atomic mass is 16.5. The number of hydrogen-bond donors (Lipinski definition) is 2. The molecule has 3 nitrogen and oxygen atoms in total. The van der Waals surface area contributed by atoms with Crippen molar-refractivity contribution < 1.29 is 4.74 Å². The summed E-state index contributed by atoms with van der Waals surface area (Å²) in [5, 5.41) is 0. The predicted octanol–water partition coefficient (Wildman–Crippen LogP) is 2.94. The van der Waals surface area contributed by atoms with Crippen LogP contribution in [0.5, 0.6) is 5.75 Å². The molecule has 0 aliphatic carbocycles. The van der Waals surface area contributed by atoms with Crippen molar-refractivity contribution in [3.05, 3.63) is 58.7 Å². The van der Waals surface area contributed by atoms with Crippen molar-refractivity contribution in [3.63, 3.8) is 0 Å². The Morgan fingerprint density at radius 1 is 1.00 bits per heavy atom. The lowest BCUT2D eigenvalue weighted by atomic mass is 9.94. The molecule has 0 heterocycles. The lowest BCUT2D eigenvalue weighted by Gasteiger charge is -2.18. The molecule has 0 spiro atoms. The molecule has 19 heavy (non-hydrogen) atoms. The van der Waals surface area contributed by atoms with Gasteiger partial charge in [0.2, 0.25) is 0 Å². The van der Waals surface area contributed by atoms with Gasteiger partial charge in [-0.25, -0.2) is 0 Å². The van der Waals surface area contributed by atoms with E-state index in [1.54, 1.807) is 7.11 Å². The molecule has 1 atom stereocenters. The number of benzene rings is 2. The Morgan fingerprint density at radius 2 is 1.63 bits per heavy atom. The van der Waals surface area contributed by atoms with E-state index in [2.05, 4.69) is 13.0 Å². The van der Waals surface area contributed by atoms with E-state index in [0.29, 0.717) is 0 Å². The Balaban J connectivity index is 2.41. The van der Waals surface area contributed by atoms with Crippen LogP contribution in [0.25, 0.3) is 0 Å². The van der Waals surface area contributed by atoms with E-state index in [1.807, 2.05) is 37.3 Å². The standard InChI is InChI=1S/C16H20N2O/c1-10-9-15(19-3)11(2)8-14(10)16(18)12-4-6-13(17)7-5-12/h4-9,16H,17-18H2,1-3H3. The third-order valence-electron chi connectivity index (χ3n) is 3.41. The molecule has 2 rings (SSSR count). The maximum atomic E-state index is 6.35. The Bertz CT molecular complexity index is 576. The Labute approximate surface area is 114 Å². The van der Waals surface area contributed by atoms with Crippen LogP contribution in [0.3, 0.4) is 0 Å². The number of anilines is 1. The van der Waals surface area contributed by atoms with Crippen molar-refractivity contribution >= 4 is 5.69 Å². The SMILES string of the molecule is COc1cc(C)c(C(N)c2ccc(N)cc2)cc1C. The van der Waals surface area contributed by atoms with E-state index in [1.165, 1.54) is 0 Å². The largest absolute Gasteiger partial charge is 0.496 e. The highest BCUT2D eigenvalue weighted by Gasteiger charge is 2.13. The Morgan fingerprint density at radius 3 is 2.21 bits per heavy atom. The first-order valence-electron chi connectivity index (χ1n) is 6.29. The van der Waals surface area contributed by atoms with E-state index < -0.39 is 0 Å². The van der Waals surface area contributed by atoms with Crippen LogP contribution in [0.15, 0.2) is 36.4 Å². The summed E-state index contributed by atoms with van der Waals surface area (Å²) in [5.41, 5.74) is 17.2. The fraction of sp³-hybridized carbons (Fsp3) is 0.250. The van der Waals surface area contributed by atoms with Gasteiger partial charge in [0.1, 0.15) is 5.75 Å². The quantitative estimate of drug-likeness (QED) is 0.830. The zero-order chi connectivity index (χ0) is 14.0. The second-order valence-corrected chi connectivity index (χ2v) is 4.82. The van der Waals surface area contributed by atoms with Gasteiger partial charge in [-0.05, 0) is 54.3 Å². The van der Waals surface area contributed by atoms with Crippen LogP contribution in [0.4, 0.5) is 5.69 Å². The first kappa shape index (κ1) is 13.4. The van der Waals surface area contributed by atoms with Gasteiger partial charge >= 0.3 is 0 Å². The molecule has 0 saturated heterocycles. The third kappa shape index (κ3) is 2.71. The van der Waals surface area contributed by atoms with Crippen LogP contribution >= 0.6 is 0 Å².